The molecular weight excluding hydrogens is 294 g/mol. The Morgan fingerprint density at radius 1 is 1.22 bits per heavy atom. The third-order valence-corrected chi connectivity index (χ3v) is 3.77. The summed E-state index contributed by atoms with van der Waals surface area (Å²) >= 11 is 0. The molecule has 0 aliphatic heterocycles. The van der Waals surface area contributed by atoms with E-state index in [1.807, 2.05) is 44.2 Å². The molecule has 0 radical (unpaired) electrons. The average molecular weight is 315 g/mol. The van der Waals surface area contributed by atoms with Crippen LogP contribution in [0.15, 0.2) is 51.5 Å². The van der Waals surface area contributed by atoms with Gasteiger partial charge >= 0.3 is 0 Å². The van der Waals surface area contributed by atoms with Crippen LogP contribution in [0, 0.1) is 0 Å². The molecule has 0 fully saturated rings. The van der Waals surface area contributed by atoms with Crippen molar-refractivity contribution in [3.8, 4) is 5.75 Å². The van der Waals surface area contributed by atoms with Crippen molar-refractivity contribution >= 4 is 11.0 Å². The van der Waals surface area contributed by atoms with Crippen LogP contribution in [0.1, 0.15) is 37.5 Å². The first-order chi connectivity index (χ1) is 11.2. The number of hydrogen-bond donors (Lipinski definition) is 2. The number of fused-ring (bicyclic) bond motifs is 1. The lowest BCUT2D eigenvalue weighted by atomic mass is 10.1. The van der Waals surface area contributed by atoms with E-state index in [2.05, 4.69) is 5.32 Å². The van der Waals surface area contributed by atoms with E-state index in [-0.39, 0.29) is 18.7 Å². The Labute approximate surface area is 134 Å². The van der Waals surface area contributed by atoms with E-state index in [9.17, 15) is 5.11 Å². The van der Waals surface area contributed by atoms with Crippen molar-refractivity contribution in [3.63, 3.8) is 0 Å². The summed E-state index contributed by atoms with van der Waals surface area (Å²) in [6.45, 7) is 4.47. The van der Waals surface area contributed by atoms with Gasteiger partial charge in [-0.3, -0.25) is 5.32 Å². The normalized spacial score (nSPS) is 14.0. The van der Waals surface area contributed by atoms with Gasteiger partial charge in [-0.05, 0) is 38.1 Å². The lowest BCUT2D eigenvalue weighted by Gasteiger charge is -2.18. The summed E-state index contributed by atoms with van der Waals surface area (Å²) in [6.07, 6.45) is 1.60. The van der Waals surface area contributed by atoms with Gasteiger partial charge in [0.25, 0.3) is 0 Å². The first-order valence-electron chi connectivity index (χ1n) is 7.78. The Balaban J connectivity index is 1.83. The van der Waals surface area contributed by atoms with Gasteiger partial charge in [0.05, 0.1) is 31.6 Å². The molecule has 2 atom stereocenters. The Morgan fingerprint density at radius 3 is 2.78 bits per heavy atom. The van der Waals surface area contributed by atoms with Crippen molar-refractivity contribution in [2.45, 2.75) is 25.9 Å². The minimum atomic E-state index is -0.278. The minimum absolute atomic E-state index is 0.0533. The first-order valence-corrected chi connectivity index (χ1v) is 7.78. The number of nitrogens with one attached hydrogen (secondary N) is 1. The van der Waals surface area contributed by atoms with Crippen LogP contribution in [0.3, 0.4) is 0 Å². The molecule has 0 spiro atoms. The number of hydrogen-bond acceptors (Lipinski definition) is 5. The average Bonchev–Trinajstić information content (AvgIpc) is 3.22. The van der Waals surface area contributed by atoms with Crippen molar-refractivity contribution < 1.29 is 18.7 Å². The number of benzene rings is 1. The number of rotatable bonds is 7. The molecule has 0 bridgehead atoms. The molecule has 3 rings (SSSR count). The van der Waals surface area contributed by atoms with Crippen LogP contribution in [-0.2, 0) is 0 Å². The zero-order chi connectivity index (χ0) is 16.2. The highest BCUT2D eigenvalue weighted by Crippen LogP contribution is 2.32. The second-order valence-electron chi connectivity index (χ2n) is 5.40. The maximum Gasteiger partial charge on any atom is 0.176 e. The monoisotopic (exact) mass is 315 g/mol. The van der Waals surface area contributed by atoms with Gasteiger partial charge in [-0.2, -0.15) is 0 Å². The summed E-state index contributed by atoms with van der Waals surface area (Å²) in [6, 6.07) is 11.1. The highest BCUT2D eigenvalue weighted by molar-refractivity contribution is 5.83. The zero-order valence-corrected chi connectivity index (χ0v) is 13.3. The van der Waals surface area contributed by atoms with Crippen molar-refractivity contribution in [3.05, 3.63) is 54.2 Å². The van der Waals surface area contributed by atoms with E-state index in [4.69, 9.17) is 13.6 Å². The molecular formula is C18H21NO4. The van der Waals surface area contributed by atoms with Crippen LogP contribution < -0.4 is 10.1 Å². The predicted octanol–water partition coefficient (Wildman–Crippen LogP) is 3.81. The van der Waals surface area contributed by atoms with E-state index in [0.717, 1.165) is 22.5 Å². The summed E-state index contributed by atoms with van der Waals surface area (Å²) in [7, 11) is 0. The molecule has 5 nitrogen and oxygen atoms in total. The second kappa shape index (κ2) is 6.89. The quantitative estimate of drug-likeness (QED) is 0.694. The number of ether oxygens (including phenoxy) is 1. The van der Waals surface area contributed by atoms with Gasteiger partial charge in [0.2, 0.25) is 0 Å². The maximum absolute atomic E-state index is 9.57. The SMILES string of the molecule is CCOc1cccc2cc(C(C)NC(CO)c3ccco3)oc12. The fraction of sp³-hybridized carbons (Fsp3) is 0.333. The summed E-state index contributed by atoms with van der Waals surface area (Å²) in [4.78, 5) is 0. The third-order valence-electron chi connectivity index (χ3n) is 3.77. The fourth-order valence-corrected chi connectivity index (χ4v) is 2.64. The Bertz CT molecular complexity index is 748. The van der Waals surface area contributed by atoms with E-state index >= 15 is 0 Å². The predicted molar refractivity (Wildman–Crippen MR) is 87.5 cm³/mol. The van der Waals surface area contributed by atoms with Crippen LogP contribution in [0.2, 0.25) is 0 Å². The molecule has 2 N–H and O–H groups in total. The van der Waals surface area contributed by atoms with Crippen molar-refractivity contribution in [2.24, 2.45) is 0 Å². The molecule has 0 saturated heterocycles. The van der Waals surface area contributed by atoms with Crippen molar-refractivity contribution in [2.75, 3.05) is 13.2 Å². The maximum atomic E-state index is 9.57. The minimum Gasteiger partial charge on any atom is -0.490 e. The number of aliphatic hydroxyl groups is 1. The standard InChI is InChI=1S/C18H21NO4/c1-3-21-16-7-4-6-13-10-17(23-18(13)16)12(2)19-14(11-20)15-8-5-9-22-15/h4-10,12,14,19-20H,3,11H2,1-2H3. The molecule has 5 heteroatoms. The summed E-state index contributed by atoms with van der Waals surface area (Å²) < 4.78 is 16.9. The molecule has 1 aromatic carbocycles. The largest absolute Gasteiger partial charge is 0.490 e. The van der Waals surface area contributed by atoms with Gasteiger partial charge in [-0.15, -0.1) is 0 Å². The molecule has 2 unspecified atom stereocenters. The molecule has 0 amide bonds. The van der Waals surface area contributed by atoms with E-state index < -0.39 is 0 Å². The van der Waals surface area contributed by atoms with Gasteiger partial charge < -0.3 is 18.7 Å². The molecule has 2 heterocycles. The Kier molecular flexibility index (Phi) is 4.69. The van der Waals surface area contributed by atoms with Crippen molar-refractivity contribution in [1.29, 1.82) is 0 Å². The Hall–Kier alpha value is -2.24. The molecule has 23 heavy (non-hydrogen) atoms. The lowest BCUT2D eigenvalue weighted by Crippen LogP contribution is -2.26. The summed E-state index contributed by atoms with van der Waals surface area (Å²) in [5.41, 5.74) is 0.747. The highest BCUT2D eigenvalue weighted by Gasteiger charge is 2.20. The van der Waals surface area contributed by atoms with Gasteiger partial charge in [-0.25, -0.2) is 0 Å². The topological polar surface area (TPSA) is 67.8 Å². The second-order valence-corrected chi connectivity index (χ2v) is 5.40. The molecule has 0 aliphatic carbocycles. The van der Waals surface area contributed by atoms with Crippen LogP contribution in [0.5, 0.6) is 5.75 Å². The summed E-state index contributed by atoms with van der Waals surface area (Å²) in [5.74, 6) is 2.23. The lowest BCUT2D eigenvalue weighted by molar-refractivity contribution is 0.213. The molecule has 2 aromatic heterocycles. The van der Waals surface area contributed by atoms with Crippen LogP contribution in [-0.4, -0.2) is 18.3 Å². The van der Waals surface area contributed by atoms with E-state index in [0.29, 0.717) is 12.4 Å². The first kappa shape index (κ1) is 15.6. The van der Waals surface area contributed by atoms with Gasteiger partial charge in [0.15, 0.2) is 11.3 Å². The number of para-hydroxylation sites is 1. The zero-order valence-electron chi connectivity index (χ0n) is 13.3. The Morgan fingerprint density at radius 2 is 2.09 bits per heavy atom. The van der Waals surface area contributed by atoms with E-state index in [1.165, 1.54) is 0 Å². The van der Waals surface area contributed by atoms with Gasteiger partial charge in [-0.1, -0.05) is 12.1 Å². The van der Waals surface area contributed by atoms with Gasteiger partial charge in [0.1, 0.15) is 11.5 Å². The van der Waals surface area contributed by atoms with Crippen molar-refractivity contribution in [1.82, 2.24) is 5.32 Å². The smallest absolute Gasteiger partial charge is 0.176 e. The molecule has 0 saturated carbocycles. The van der Waals surface area contributed by atoms with Crippen LogP contribution >= 0.6 is 0 Å². The molecule has 0 aliphatic rings. The third kappa shape index (κ3) is 3.25. The highest BCUT2D eigenvalue weighted by atomic mass is 16.5. The van der Waals surface area contributed by atoms with Crippen LogP contribution in [0.25, 0.3) is 11.0 Å². The summed E-state index contributed by atoms with van der Waals surface area (Å²) in [5, 5.41) is 13.9. The van der Waals surface area contributed by atoms with E-state index in [1.54, 1.807) is 12.3 Å². The number of furan rings is 2. The number of aliphatic hydroxyl groups excluding tert-OH is 1. The fourth-order valence-electron chi connectivity index (χ4n) is 2.64. The molecule has 122 valence electrons. The van der Waals surface area contributed by atoms with Gasteiger partial charge in [0, 0.05) is 5.39 Å². The molecule has 3 aromatic rings. The van der Waals surface area contributed by atoms with Crippen LogP contribution in [0.4, 0.5) is 0 Å².